The number of hydrogen-bond donors (Lipinski definition) is 0. The lowest BCUT2D eigenvalue weighted by molar-refractivity contribution is -0.120. The van der Waals surface area contributed by atoms with E-state index in [0.717, 1.165) is 18.4 Å². The SMILES string of the molecule is CS(=O)(=O)CCCC(=O)C1CCc2ccccc21. The van der Waals surface area contributed by atoms with E-state index < -0.39 is 9.84 Å². The highest BCUT2D eigenvalue weighted by Gasteiger charge is 2.27. The minimum Gasteiger partial charge on any atom is -0.299 e. The fourth-order valence-electron chi connectivity index (χ4n) is 2.57. The zero-order valence-corrected chi connectivity index (χ0v) is 11.4. The maximum atomic E-state index is 12.1. The van der Waals surface area contributed by atoms with Crippen molar-refractivity contribution in [3.63, 3.8) is 0 Å². The Morgan fingerprint density at radius 2 is 2.06 bits per heavy atom. The van der Waals surface area contributed by atoms with E-state index in [1.165, 1.54) is 11.8 Å². The molecule has 18 heavy (non-hydrogen) atoms. The Balaban J connectivity index is 1.96. The summed E-state index contributed by atoms with van der Waals surface area (Å²) in [5.41, 5.74) is 2.40. The van der Waals surface area contributed by atoms with Gasteiger partial charge in [0.15, 0.2) is 0 Å². The molecule has 0 amide bonds. The Hall–Kier alpha value is -1.16. The van der Waals surface area contributed by atoms with Crippen LogP contribution in [0.1, 0.15) is 36.3 Å². The summed E-state index contributed by atoms with van der Waals surface area (Å²) >= 11 is 0. The van der Waals surface area contributed by atoms with E-state index >= 15 is 0 Å². The molecule has 0 spiro atoms. The van der Waals surface area contributed by atoms with Crippen LogP contribution in [-0.2, 0) is 21.1 Å². The molecule has 98 valence electrons. The number of fused-ring (bicyclic) bond motifs is 1. The smallest absolute Gasteiger partial charge is 0.147 e. The van der Waals surface area contributed by atoms with Gasteiger partial charge >= 0.3 is 0 Å². The van der Waals surface area contributed by atoms with Crippen molar-refractivity contribution in [2.45, 2.75) is 31.6 Å². The van der Waals surface area contributed by atoms with Crippen molar-refractivity contribution < 1.29 is 13.2 Å². The molecule has 2 rings (SSSR count). The van der Waals surface area contributed by atoms with Crippen LogP contribution < -0.4 is 0 Å². The van der Waals surface area contributed by atoms with Gasteiger partial charge in [0.2, 0.25) is 0 Å². The molecule has 0 saturated heterocycles. The number of hydrogen-bond acceptors (Lipinski definition) is 3. The molecule has 0 aromatic heterocycles. The topological polar surface area (TPSA) is 51.2 Å². The van der Waals surface area contributed by atoms with Gasteiger partial charge in [0.25, 0.3) is 0 Å². The van der Waals surface area contributed by atoms with Crippen molar-refractivity contribution >= 4 is 15.6 Å². The van der Waals surface area contributed by atoms with Crippen LogP contribution in [0.4, 0.5) is 0 Å². The van der Waals surface area contributed by atoms with Gasteiger partial charge in [-0.25, -0.2) is 8.42 Å². The maximum absolute atomic E-state index is 12.1. The zero-order valence-electron chi connectivity index (χ0n) is 10.6. The lowest BCUT2D eigenvalue weighted by Gasteiger charge is -2.10. The molecule has 1 unspecified atom stereocenters. The molecule has 1 atom stereocenters. The van der Waals surface area contributed by atoms with Crippen LogP contribution in [-0.4, -0.2) is 26.2 Å². The second kappa shape index (κ2) is 5.22. The van der Waals surface area contributed by atoms with Crippen LogP contribution in [0, 0.1) is 0 Å². The van der Waals surface area contributed by atoms with Gasteiger partial charge in [0.1, 0.15) is 15.6 Å². The molecule has 0 aliphatic heterocycles. The molecule has 0 bridgehead atoms. The van der Waals surface area contributed by atoms with E-state index in [1.54, 1.807) is 0 Å². The molecule has 3 nitrogen and oxygen atoms in total. The van der Waals surface area contributed by atoms with Crippen LogP contribution >= 0.6 is 0 Å². The molecule has 1 aromatic carbocycles. The van der Waals surface area contributed by atoms with Crippen LogP contribution in [0.3, 0.4) is 0 Å². The van der Waals surface area contributed by atoms with Crippen molar-refractivity contribution in [3.05, 3.63) is 35.4 Å². The fourth-order valence-corrected chi connectivity index (χ4v) is 3.24. The van der Waals surface area contributed by atoms with Crippen LogP contribution in [0.25, 0.3) is 0 Å². The molecule has 0 heterocycles. The molecule has 0 saturated carbocycles. The van der Waals surface area contributed by atoms with Gasteiger partial charge in [-0.1, -0.05) is 24.3 Å². The lowest BCUT2D eigenvalue weighted by atomic mass is 9.94. The maximum Gasteiger partial charge on any atom is 0.147 e. The third-order valence-corrected chi connectivity index (χ3v) is 4.49. The highest BCUT2D eigenvalue weighted by Crippen LogP contribution is 2.34. The Kier molecular flexibility index (Phi) is 3.85. The Morgan fingerprint density at radius 3 is 2.78 bits per heavy atom. The predicted octanol–water partition coefficient (Wildman–Crippen LogP) is 2.11. The summed E-state index contributed by atoms with van der Waals surface area (Å²) in [5, 5.41) is 0. The average molecular weight is 266 g/mol. The molecule has 0 radical (unpaired) electrons. The fraction of sp³-hybridized carbons (Fsp3) is 0.500. The average Bonchev–Trinajstić information content (AvgIpc) is 2.70. The molecule has 1 aromatic rings. The second-order valence-corrected chi connectivity index (χ2v) is 7.25. The number of carbonyl (C=O) groups is 1. The lowest BCUT2D eigenvalue weighted by Crippen LogP contribution is -2.12. The molecule has 1 aliphatic rings. The minimum absolute atomic E-state index is 0.0132. The summed E-state index contributed by atoms with van der Waals surface area (Å²) < 4.78 is 22.0. The van der Waals surface area contributed by atoms with Crippen LogP contribution in [0.15, 0.2) is 24.3 Å². The van der Waals surface area contributed by atoms with E-state index in [-0.39, 0.29) is 17.5 Å². The predicted molar refractivity (Wildman–Crippen MR) is 71.5 cm³/mol. The molecule has 0 fully saturated rings. The Bertz CT molecular complexity index is 546. The van der Waals surface area contributed by atoms with Crippen molar-refractivity contribution in [2.24, 2.45) is 0 Å². The Morgan fingerprint density at radius 1 is 1.33 bits per heavy atom. The first-order valence-electron chi connectivity index (χ1n) is 6.25. The first-order chi connectivity index (χ1) is 8.47. The molecule has 0 N–H and O–H groups in total. The molecular weight excluding hydrogens is 248 g/mol. The zero-order chi connectivity index (χ0) is 13.2. The highest BCUT2D eigenvalue weighted by molar-refractivity contribution is 7.90. The summed E-state index contributed by atoms with van der Waals surface area (Å²) in [6.45, 7) is 0. The number of sulfone groups is 1. The number of carbonyl (C=O) groups excluding carboxylic acids is 1. The van der Waals surface area contributed by atoms with Gasteiger partial charge in [-0.15, -0.1) is 0 Å². The highest BCUT2D eigenvalue weighted by atomic mass is 32.2. The summed E-state index contributed by atoms with van der Waals surface area (Å²) in [6, 6.07) is 8.04. The number of Topliss-reactive ketones (excluding diaryl/α,β-unsaturated/α-hetero) is 1. The minimum atomic E-state index is -2.96. The van der Waals surface area contributed by atoms with E-state index in [1.807, 2.05) is 18.2 Å². The van der Waals surface area contributed by atoms with Crippen LogP contribution in [0.2, 0.25) is 0 Å². The van der Waals surface area contributed by atoms with Crippen molar-refractivity contribution in [1.82, 2.24) is 0 Å². The van der Waals surface area contributed by atoms with E-state index in [4.69, 9.17) is 0 Å². The number of aryl methyl sites for hydroxylation is 1. The quantitative estimate of drug-likeness (QED) is 0.820. The third-order valence-electron chi connectivity index (χ3n) is 3.46. The van der Waals surface area contributed by atoms with Gasteiger partial charge in [0.05, 0.1) is 5.75 Å². The summed E-state index contributed by atoms with van der Waals surface area (Å²) in [7, 11) is -2.96. The van der Waals surface area contributed by atoms with E-state index in [9.17, 15) is 13.2 Å². The summed E-state index contributed by atoms with van der Waals surface area (Å²) in [6.07, 6.45) is 3.85. The molecule has 1 aliphatic carbocycles. The van der Waals surface area contributed by atoms with Gasteiger partial charge in [-0.3, -0.25) is 4.79 Å². The molecular formula is C14H18O3S. The first-order valence-corrected chi connectivity index (χ1v) is 8.31. The summed E-state index contributed by atoms with van der Waals surface area (Å²) in [4.78, 5) is 12.1. The van der Waals surface area contributed by atoms with Gasteiger partial charge in [-0.05, 0) is 30.4 Å². The van der Waals surface area contributed by atoms with Gasteiger partial charge in [0, 0.05) is 18.6 Å². The first kappa shape index (κ1) is 13.3. The standard InChI is InChI=1S/C14H18O3S/c1-18(16,17)10-4-7-14(15)13-9-8-11-5-2-3-6-12(11)13/h2-3,5-6,13H,4,7-10H2,1H3. The molecule has 4 heteroatoms. The Labute approximate surface area is 108 Å². The second-order valence-electron chi connectivity index (χ2n) is 4.99. The third kappa shape index (κ3) is 3.19. The van der Waals surface area contributed by atoms with Crippen molar-refractivity contribution in [2.75, 3.05) is 12.0 Å². The van der Waals surface area contributed by atoms with E-state index in [0.29, 0.717) is 12.8 Å². The monoisotopic (exact) mass is 266 g/mol. The van der Waals surface area contributed by atoms with E-state index in [2.05, 4.69) is 6.07 Å². The van der Waals surface area contributed by atoms with Crippen molar-refractivity contribution in [1.29, 1.82) is 0 Å². The van der Waals surface area contributed by atoms with Crippen molar-refractivity contribution in [3.8, 4) is 0 Å². The number of rotatable bonds is 5. The normalized spacial score (nSPS) is 18.6. The largest absolute Gasteiger partial charge is 0.299 e. The number of benzene rings is 1. The van der Waals surface area contributed by atoms with Gasteiger partial charge < -0.3 is 0 Å². The summed E-state index contributed by atoms with van der Waals surface area (Å²) in [5.74, 6) is 0.275. The van der Waals surface area contributed by atoms with Gasteiger partial charge in [-0.2, -0.15) is 0 Å². The number of ketones is 1. The van der Waals surface area contributed by atoms with Crippen LogP contribution in [0.5, 0.6) is 0 Å².